The lowest BCUT2D eigenvalue weighted by Crippen LogP contribution is -2.18. The lowest BCUT2D eigenvalue weighted by atomic mass is 10.0. The fourth-order valence-corrected chi connectivity index (χ4v) is 6.32. The van der Waals surface area contributed by atoms with Crippen LogP contribution in [0.5, 0.6) is 0 Å². The summed E-state index contributed by atoms with van der Waals surface area (Å²) >= 11 is 1.87. The standard InChI is InChI=1S/C29H48N5O5PS/c1-25(21-34-23-33-27-28(30)31-22-32-29(27)34)38-24-40(35,36)39-19-18-37-17-13-11-9-7-5-3-2-4-6-8-10-12-15-26-16-14-20-41-26/h14,16,20,22-23,25H,2-13,15,17-19,21,24H2,1H3,(H,35,36)(H2,30,31,32)/t25-/m1/s1. The van der Waals surface area contributed by atoms with Crippen LogP contribution in [0, 0.1) is 0 Å². The van der Waals surface area contributed by atoms with E-state index in [0.29, 0.717) is 30.1 Å². The largest absolute Gasteiger partial charge is 0.382 e. The van der Waals surface area contributed by atoms with Crippen LogP contribution in [0.4, 0.5) is 5.82 Å². The van der Waals surface area contributed by atoms with Gasteiger partial charge in [0.15, 0.2) is 11.5 Å². The van der Waals surface area contributed by atoms with E-state index in [0.717, 1.165) is 12.8 Å². The molecule has 2 atom stereocenters. The fraction of sp³-hybridized carbons (Fsp3) is 0.690. The Morgan fingerprint density at radius 3 is 2.32 bits per heavy atom. The van der Waals surface area contributed by atoms with Gasteiger partial charge in [-0.25, -0.2) is 15.0 Å². The molecule has 12 heteroatoms. The molecule has 0 aliphatic heterocycles. The molecular formula is C29H48N5O5PS. The number of unbranched alkanes of at least 4 members (excludes halogenated alkanes) is 11. The molecule has 0 radical (unpaired) electrons. The van der Waals surface area contributed by atoms with Gasteiger partial charge in [-0.05, 0) is 37.6 Å². The number of nitrogens with zero attached hydrogens (tertiary/aromatic N) is 4. The number of aromatic nitrogens is 4. The maximum Gasteiger partial charge on any atom is 0.353 e. The van der Waals surface area contributed by atoms with Gasteiger partial charge in [0.25, 0.3) is 0 Å². The van der Waals surface area contributed by atoms with Crippen LogP contribution in [-0.4, -0.2) is 56.7 Å². The molecule has 0 amide bonds. The number of hydrogen-bond donors (Lipinski definition) is 2. The van der Waals surface area contributed by atoms with Gasteiger partial charge in [0.05, 0.1) is 32.2 Å². The molecular weight excluding hydrogens is 561 g/mol. The van der Waals surface area contributed by atoms with Crippen molar-refractivity contribution in [3.8, 4) is 0 Å². The summed E-state index contributed by atoms with van der Waals surface area (Å²) in [6.07, 6.45) is 19.0. The van der Waals surface area contributed by atoms with E-state index in [9.17, 15) is 9.46 Å². The van der Waals surface area contributed by atoms with Crippen molar-refractivity contribution in [1.82, 2.24) is 19.5 Å². The Hall–Kier alpha value is -1.88. The van der Waals surface area contributed by atoms with Crippen LogP contribution in [-0.2, 0) is 31.5 Å². The molecule has 0 spiro atoms. The molecule has 0 aliphatic carbocycles. The van der Waals surface area contributed by atoms with Crippen molar-refractivity contribution in [3.05, 3.63) is 35.0 Å². The van der Waals surface area contributed by atoms with Crippen molar-refractivity contribution < 1.29 is 23.5 Å². The molecule has 0 bridgehead atoms. The fourth-order valence-electron chi connectivity index (χ4n) is 4.69. The number of rotatable bonds is 24. The Labute approximate surface area is 248 Å². The third kappa shape index (κ3) is 13.8. The van der Waals surface area contributed by atoms with E-state index in [1.165, 1.54) is 81.8 Å². The second-order valence-corrected chi connectivity index (χ2v) is 13.4. The van der Waals surface area contributed by atoms with Crippen molar-refractivity contribution in [2.24, 2.45) is 0 Å². The minimum Gasteiger partial charge on any atom is -0.382 e. The third-order valence-corrected chi connectivity index (χ3v) is 8.97. The summed E-state index contributed by atoms with van der Waals surface area (Å²) < 4.78 is 30.3. The highest BCUT2D eigenvalue weighted by Gasteiger charge is 2.21. The molecule has 41 heavy (non-hydrogen) atoms. The van der Waals surface area contributed by atoms with Gasteiger partial charge in [-0.3, -0.25) is 4.57 Å². The highest BCUT2D eigenvalue weighted by atomic mass is 32.1. The Bertz CT molecular complexity index is 1150. The second kappa shape index (κ2) is 19.3. The van der Waals surface area contributed by atoms with Crippen LogP contribution in [0.15, 0.2) is 30.2 Å². The van der Waals surface area contributed by atoms with Crippen molar-refractivity contribution in [3.63, 3.8) is 0 Å². The first-order chi connectivity index (χ1) is 19.9. The smallest absolute Gasteiger partial charge is 0.353 e. The Morgan fingerprint density at radius 2 is 1.63 bits per heavy atom. The number of aryl methyl sites for hydroxylation is 1. The van der Waals surface area contributed by atoms with Crippen LogP contribution in [0.3, 0.4) is 0 Å². The predicted octanol–water partition coefficient (Wildman–Crippen LogP) is 6.98. The summed E-state index contributed by atoms with van der Waals surface area (Å²) in [6, 6.07) is 4.39. The van der Waals surface area contributed by atoms with Crippen molar-refractivity contribution in [2.45, 2.75) is 103 Å². The molecule has 230 valence electrons. The van der Waals surface area contributed by atoms with Gasteiger partial charge >= 0.3 is 7.60 Å². The van der Waals surface area contributed by atoms with Crippen LogP contribution in [0.2, 0.25) is 0 Å². The summed E-state index contributed by atoms with van der Waals surface area (Å²) in [5.41, 5.74) is 6.91. The number of imidazole rings is 1. The normalized spacial score (nSPS) is 14.0. The van der Waals surface area contributed by atoms with Crippen LogP contribution in [0.25, 0.3) is 11.2 Å². The van der Waals surface area contributed by atoms with Gasteiger partial charge in [-0.1, -0.05) is 70.3 Å². The molecule has 0 saturated heterocycles. The van der Waals surface area contributed by atoms with E-state index >= 15 is 0 Å². The molecule has 0 fully saturated rings. The van der Waals surface area contributed by atoms with Crippen LogP contribution < -0.4 is 5.73 Å². The first-order valence-electron chi connectivity index (χ1n) is 15.0. The third-order valence-electron chi connectivity index (χ3n) is 6.97. The van der Waals surface area contributed by atoms with Gasteiger partial charge < -0.3 is 29.2 Å². The number of nitrogens with two attached hydrogens (primary N) is 1. The van der Waals surface area contributed by atoms with Gasteiger partial charge in [0.2, 0.25) is 0 Å². The average molecular weight is 610 g/mol. The zero-order chi connectivity index (χ0) is 29.2. The van der Waals surface area contributed by atoms with E-state index in [2.05, 4.69) is 32.5 Å². The monoisotopic (exact) mass is 609 g/mol. The molecule has 3 aromatic rings. The Kier molecular flexibility index (Phi) is 15.9. The van der Waals surface area contributed by atoms with Gasteiger partial charge in [-0.15, -0.1) is 11.3 Å². The number of thiophene rings is 1. The lowest BCUT2D eigenvalue weighted by Gasteiger charge is -2.17. The highest BCUT2D eigenvalue weighted by Crippen LogP contribution is 2.41. The van der Waals surface area contributed by atoms with Gasteiger partial charge in [-0.2, -0.15) is 0 Å². The van der Waals surface area contributed by atoms with E-state index in [1.807, 2.05) is 11.3 Å². The zero-order valence-corrected chi connectivity index (χ0v) is 26.2. The summed E-state index contributed by atoms with van der Waals surface area (Å²) in [6.45, 7) is 3.19. The Morgan fingerprint density at radius 1 is 0.951 bits per heavy atom. The molecule has 3 N–H and O–H groups in total. The van der Waals surface area contributed by atoms with E-state index in [-0.39, 0.29) is 19.3 Å². The lowest BCUT2D eigenvalue weighted by molar-refractivity contribution is 0.0610. The maximum atomic E-state index is 12.3. The van der Waals surface area contributed by atoms with E-state index < -0.39 is 13.9 Å². The molecule has 0 saturated carbocycles. The van der Waals surface area contributed by atoms with Gasteiger partial charge in [0.1, 0.15) is 18.2 Å². The number of nitrogen functional groups attached to an aromatic ring is 1. The minimum absolute atomic E-state index is 0.0580. The maximum absolute atomic E-state index is 12.3. The molecule has 3 heterocycles. The summed E-state index contributed by atoms with van der Waals surface area (Å²) in [7, 11) is -3.86. The molecule has 10 nitrogen and oxygen atoms in total. The summed E-state index contributed by atoms with van der Waals surface area (Å²) in [5.74, 6) is 0.306. The summed E-state index contributed by atoms with van der Waals surface area (Å²) in [5, 5.41) is 2.17. The SMILES string of the molecule is C[C@H](Cn1cnc2c(N)ncnc21)OCP(=O)(O)OCCOCCCCCCCCCCCCCCc1cccs1. The van der Waals surface area contributed by atoms with E-state index in [1.54, 1.807) is 17.8 Å². The minimum atomic E-state index is -3.86. The average Bonchev–Trinajstić information content (AvgIpc) is 3.62. The first kappa shape index (κ1) is 33.6. The topological polar surface area (TPSA) is 135 Å². The van der Waals surface area contributed by atoms with Crippen molar-refractivity contribution in [1.29, 1.82) is 0 Å². The van der Waals surface area contributed by atoms with Gasteiger partial charge in [0, 0.05) is 11.5 Å². The number of hydrogen-bond acceptors (Lipinski definition) is 9. The van der Waals surface area contributed by atoms with Crippen LogP contribution >= 0.6 is 18.9 Å². The zero-order valence-electron chi connectivity index (χ0n) is 24.5. The second-order valence-electron chi connectivity index (χ2n) is 10.6. The van der Waals surface area contributed by atoms with E-state index in [4.69, 9.17) is 19.7 Å². The molecule has 0 aromatic carbocycles. The van der Waals surface area contributed by atoms with Crippen LogP contribution in [0.1, 0.15) is 88.9 Å². The molecule has 0 aliphatic rings. The van der Waals surface area contributed by atoms with Crippen molar-refractivity contribution >= 4 is 35.9 Å². The molecule has 1 unspecified atom stereocenters. The number of fused-ring (bicyclic) bond motifs is 1. The first-order valence-corrected chi connectivity index (χ1v) is 17.7. The Balaban J connectivity index is 1.07. The highest BCUT2D eigenvalue weighted by molar-refractivity contribution is 7.52. The molecule has 3 aromatic heterocycles. The van der Waals surface area contributed by atoms with Crippen molar-refractivity contribution in [2.75, 3.05) is 31.9 Å². The molecule has 3 rings (SSSR count). The predicted molar refractivity (Wildman–Crippen MR) is 165 cm³/mol. The summed E-state index contributed by atoms with van der Waals surface area (Å²) in [4.78, 5) is 23.9. The number of ether oxygens (including phenoxy) is 2. The number of anilines is 1. The quantitative estimate of drug-likeness (QED) is 0.0815.